The third kappa shape index (κ3) is 6.04. The van der Waals surface area contributed by atoms with Crippen LogP contribution in [0.5, 0.6) is 5.75 Å². The summed E-state index contributed by atoms with van der Waals surface area (Å²) in [7, 11) is 1.59. The van der Waals surface area contributed by atoms with Gasteiger partial charge in [-0.1, -0.05) is 64.4 Å². The Balaban J connectivity index is 1.85. The Kier molecular flexibility index (Phi) is 8.38. The van der Waals surface area contributed by atoms with Crippen LogP contribution < -0.4 is 9.64 Å². The molecular weight excluding hydrogens is 518 g/mol. The minimum Gasteiger partial charge on any atom is -0.507 e. The second-order valence-electron chi connectivity index (χ2n) is 11.8. The smallest absolute Gasteiger partial charge is 0.338 e. The molecule has 1 N–H and O–H groups in total. The average Bonchev–Trinajstić information content (AvgIpc) is 3.20. The summed E-state index contributed by atoms with van der Waals surface area (Å²) in [6.07, 6.45) is 0. The molecule has 1 atom stereocenters. The molecule has 0 radical (unpaired) electrons. The number of amides is 1. The molecule has 7 heteroatoms. The van der Waals surface area contributed by atoms with E-state index in [2.05, 4.69) is 0 Å². The molecule has 1 heterocycles. The van der Waals surface area contributed by atoms with E-state index in [1.165, 1.54) is 4.90 Å². The van der Waals surface area contributed by atoms with Crippen molar-refractivity contribution in [2.24, 2.45) is 5.92 Å². The van der Waals surface area contributed by atoms with Gasteiger partial charge in [-0.25, -0.2) is 4.79 Å². The minimum absolute atomic E-state index is 0.00829. The number of nitrogens with zero attached hydrogens (tertiary/aromatic N) is 1. The van der Waals surface area contributed by atoms with Crippen molar-refractivity contribution in [2.45, 2.75) is 53.0 Å². The van der Waals surface area contributed by atoms with Gasteiger partial charge in [0, 0.05) is 16.8 Å². The van der Waals surface area contributed by atoms with Gasteiger partial charge >= 0.3 is 5.97 Å². The van der Waals surface area contributed by atoms with Gasteiger partial charge in [0.25, 0.3) is 11.7 Å². The lowest BCUT2D eigenvalue weighted by Crippen LogP contribution is -2.29. The van der Waals surface area contributed by atoms with Gasteiger partial charge in [0.2, 0.25) is 0 Å². The molecule has 4 rings (SSSR count). The SMILES string of the molecule is COc1ccc(/C(O)=C2/C(=O)C(=O)N(c3ccc(C(=O)OCC(C)C)cc3)C2c2cccc(C)c2)cc1C(C)(C)C. The van der Waals surface area contributed by atoms with Crippen LogP contribution >= 0.6 is 0 Å². The molecule has 3 aromatic rings. The number of ketones is 1. The molecule has 0 aliphatic carbocycles. The largest absolute Gasteiger partial charge is 0.507 e. The van der Waals surface area contributed by atoms with Crippen molar-refractivity contribution in [1.29, 1.82) is 0 Å². The molecule has 1 unspecified atom stereocenters. The summed E-state index contributed by atoms with van der Waals surface area (Å²) in [5.41, 5.74) is 3.33. The summed E-state index contributed by atoms with van der Waals surface area (Å²) < 4.78 is 10.9. The Hall–Kier alpha value is -4.39. The van der Waals surface area contributed by atoms with Gasteiger partial charge in [-0.3, -0.25) is 14.5 Å². The third-order valence-corrected chi connectivity index (χ3v) is 7.01. The number of ether oxygens (including phenoxy) is 2. The van der Waals surface area contributed by atoms with E-state index in [0.29, 0.717) is 34.7 Å². The molecule has 1 aliphatic rings. The van der Waals surface area contributed by atoms with Crippen LogP contribution in [0.4, 0.5) is 5.69 Å². The Morgan fingerprint density at radius 1 is 0.976 bits per heavy atom. The number of rotatable bonds is 7. The number of carbonyl (C=O) groups is 3. The average molecular weight is 556 g/mol. The monoisotopic (exact) mass is 555 g/mol. The zero-order chi connectivity index (χ0) is 30.1. The molecule has 0 spiro atoms. The lowest BCUT2D eigenvalue weighted by molar-refractivity contribution is -0.132. The van der Waals surface area contributed by atoms with Gasteiger partial charge in [-0.05, 0) is 66.3 Å². The maximum atomic E-state index is 13.6. The lowest BCUT2D eigenvalue weighted by atomic mass is 9.84. The molecule has 1 aliphatic heterocycles. The number of hydrogen-bond acceptors (Lipinski definition) is 6. The number of benzene rings is 3. The fourth-order valence-electron chi connectivity index (χ4n) is 4.94. The number of hydrogen-bond donors (Lipinski definition) is 1. The molecule has 3 aromatic carbocycles. The van der Waals surface area contributed by atoms with E-state index in [-0.39, 0.29) is 22.7 Å². The first kappa shape index (κ1) is 29.6. The molecule has 0 bridgehead atoms. The van der Waals surface area contributed by atoms with Crippen molar-refractivity contribution in [1.82, 2.24) is 0 Å². The molecule has 1 fully saturated rings. The second kappa shape index (κ2) is 11.6. The summed E-state index contributed by atoms with van der Waals surface area (Å²) >= 11 is 0. The van der Waals surface area contributed by atoms with E-state index >= 15 is 0 Å². The second-order valence-corrected chi connectivity index (χ2v) is 11.8. The van der Waals surface area contributed by atoms with Gasteiger partial charge in [0.05, 0.1) is 30.9 Å². The highest BCUT2D eigenvalue weighted by atomic mass is 16.5. The number of anilines is 1. The lowest BCUT2D eigenvalue weighted by Gasteiger charge is -2.26. The number of aryl methyl sites for hydroxylation is 1. The Morgan fingerprint density at radius 3 is 2.22 bits per heavy atom. The minimum atomic E-state index is -0.881. The molecular formula is C34H37NO6. The highest BCUT2D eigenvalue weighted by Gasteiger charge is 2.47. The Bertz CT molecular complexity index is 1510. The van der Waals surface area contributed by atoms with Crippen LogP contribution in [-0.2, 0) is 19.7 Å². The zero-order valence-corrected chi connectivity index (χ0v) is 24.6. The van der Waals surface area contributed by atoms with Crippen molar-refractivity contribution in [3.8, 4) is 5.75 Å². The topological polar surface area (TPSA) is 93.1 Å². The molecule has 0 saturated carbocycles. The van der Waals surface area contributed by atoms with Crippen LogP contribution in [0.2, 0.25) is 0 Å². The van der Waals surface area contributed by atoms with Crippen LogP contribution in [0.25, 0.3) is 5.76 Å². The molecule has 7 nitrogen and oxygen atoms in total. The van der Waals surface area contributed by atoms with Crippen LogP contribution in [0.1, 0.15) is 73.3 Å². The van der Waals surface area contributed by atoms with Gasteiger partial charge in [-0.2, -0.15) is 0 Å². The van der Waals surface area contributed by atoms with Gasteiger partial charge in [-0.15, -0.1) is 0 Å². The molecule has 1 amide bonds. The van der Waals surface area contributed by atoms with E-state index in [9.17, 15) is 19.5 Å². The standard InChI is InChI=1S/C34H37NO6/c1-20(2)19-41-33(39)22-11-14-25(15-12-22)35-29(23-10-8-9-21(3)17-23)28(31(37)32(35)38)30(36)24-13-16-27(40-7)26(18-24)34(4,5)6/h8-18,20,29,36H,19H2,1-7H3/b30-28-. The number of esters is 1. The van der Waals surface area contributed by atoms with Gasteiger partial charge in [0.15, 0.2) is 0 Å². The summed E-state index contributed by atoms with van der Waals surface area (Å²) in [4.78, 5) is 41.0. The molecule has 41 heavy (non-hydrogen) atoms. The van der Waals surface area contributed by atoms with Crippen LogP contribution in [0.3, 0.4) is 0 Å². The van der Waals surface area contributed by atoms with Crippen molar-refractivity contribution in [3.63, 3.8) is 0 Å². The van der Waals surface area contributed by atoms with Crippen molar-refractivity contribution < 1.29 is 29.0 Å². The van der Waals surface area contributed by atoms with Gasteiger partial charge < -0.3 is 14.6 Å². The molecule has 1 saturated heterocycles. The predicted octanol–water partition coefficient (Wildman–Crippen LogP) is 6.74. The number of methoxy groups -OCH3 is 1. The first-order valence-corrected chi connectivity index (χ1v) is 13.7. The Morgan fingerprint density at radius 2 is 1.63 bits per heavy atom. The highest BCUT2D eigenvalue weighted by Crippen LogP contribution is 2.43. The van der Waals surface area contributed by atoms with Crippen LogP contribution in [-0.4, -0.2) is 36.5 Å². The summed E-state index contributed by atoms with van der Waals surface area (Å²) in [6.45, 7) is 12.2. The quantitative estimate of drug-likeness (QED) is 0.150. The summed E-state index contributed by atoms with van der Waals surface area (Å²) in [5.74, 6) is -1.42. The fourth-order valence-corrected chi connectivity index (χ4v) is 4.94. The normalized spacial score (nSPS) is 16.8. The predicted molar refractivity (Wildman–Crippen MR) is 159 cm³/mol. The van der Waals surface area contributed by atoms with E-state index in [1.54, 1.807) is 49.6 Å². The maximum absolute atomic E-state index is 13.6. The highest BCUT2D eigenvalue weighted by molar-refractivity contribution is 6.51. The van der Waals surface area contributed by atoms with Crippen LogP contribution in [0.15, 0.2) is 72.3 Å². The van der Waals surface area contributed by atoms with Gasteiger partial charge in [0.1, 0.15) is 11.5 Å². The van der Waals surface area contributed by atoms with Crippen molar-refractivity contribution >= 4 is 29.1 Å². The Labute approximate surface area is 241 Å². The number of aliphatic hydroxyl groups excluding tert-OH is 1. The summed E-state index contributed by atoms with van der Waals surface area (Å²) in [6, 6.07) is 18.2. The third-order valence-electron chi connectivity index (χ3n) is 7.01. The number of carbonyl (C=O) groups excluding carboxylic acids is 3. The van der Waals surface area contributed by atoms with Crippen LogP contribution in [0, 0.1) is 12.8 Å². The van der Waals surface area contributed by atoms with Crippen molar-refractivity contribution in [3.05, 3.63) is 100 Å². The zero-order valence-electron chi connectivity index (χ0n) is 24.6. The molecule has 214 valence electrons. The number of Topliss-reactive ketones (excluding diaryl/α,β-unsaturated/α-hetero) is 1. The first-order chi connectivity index (χ1) is 19.3. The van der Waals surface area contributed by atoms with E-state index in [4.69, 9.17) is 9.47 Å². The van der Waals surface area contributed by atoms with E-state index in [0.717, 1.165) is 11.1 Å². The van der Waals surface area contributed by atoms with E-state index < -0.39 is 23.7 Å². The first-order valence-electron chi connectivity index (χ1n) is 13.7. The van der Waals surface area contributed by atoms with Crippen molar-refractivity contribution in [2.75, 3.05) is 18.6 Å². The van der Waals surface area contributed by atoms with E-state index in [1.807, 2.05) is 65.8 Å². The fraction of sp³-hybridized carbons (Fsp3) is 0.324. The maximum Gasteiger partial charge on any atom is 0.338 e. The molecule has 0 aromatic heterocycles. The summed E-state index contributed by atoms with van der Waals surface area (Å²) in [5, 5.41) is 11.6. The number of aliphatic hydroxyl groups is 1.